The van der Waals surface area contributed by atoms with E-state index >= 15 is 0 Å². The lowest BCUT2D eigenvalue weighted by molar-refractivity contribution is -0.116. The van der Waals surface area contributed by atoms with Crippen molar-refractivity contribution in [3.63, 3.8) is 0 Å². The SMILES string of the molecule is COc1ccc(C)cc1NC(=O)Cn1cnc2sc3c(c2c1=O)CC[C@H](C)C3. The summed E-state index contributed by atoms with van der Waals surface area (Å²) in [6, 6.07) is 5.57. The second-order valence-corrected chi connectivity index (χ2v) is 8.55. The van der Waals surface area contributed by atoms with Crippen LogP contribution in [-0.4, -0.2) is 22.6 Å². The van der Waals surface area contributed by atoms with Gasteiger partial charge < -0.3 is 10.1 Å². The van der Waals surface area contributed by atoms with Gasteiger partial charge in [-0.25, -0.2) is 4.98 Å². The maximum atomic E-state index is 13.0. The van der Waals surface area contributed by atoms with Crippen molar-refractivity contribution < 1.29 is 9.53 Å². The van der Waals surface area contributed by atoms with Crippen molar-refractivity contribution in [2.75, 3.05) is 12.4 Å². The number of ether oxygens (including phenoxy) is 1. The molecule has 0 aliphatic heterocycles. The highest BCUT2D eigenvalue weighted by atomic mass is 32.1. The summed E-state index contributed by atoms with van der Waals surface area (Å²) < 4.78 is 6.69. The van der Waals surface area contributed by atoms with Crippen LogP contribution in [0, 0.1) is 12.8 Å². The summed E-state index contributed by atoms with van der Waals surface area (Å²) in [4.78, 5) is 32.1. The van der Waals surface area contributed by atoms with Gasteiger partial charge in [0.25, 0.3) is 5.56 Å². The number of methoxy groups -OCH3 is 1. The zero-order valence-corrected chi connectivity index (χ0v) is 17.1. The van der Waals surface area contributed by atoms with Gasteiger partial charge >= 0.3 is 0 Å². The molecule has 0 spiro atoms. The number of hydrogen-bond acceptors (Lipinski definition) is 5. The van der Waals surface area contributed by atoms with Gasteiger partial charge in [0.05, 0.1) is 24.5 Å². The summed E-state index contributed by atoms with van der Waals surface area (Å²) in [7, 11) is 1.56. The van der Waals surface area contributed by atoms with Crippen LogP contribution in [0.1, 0.15) is 29.3 Å². The number of aryl methyl sites for hydroxylation is 2. The number of anilines is 1. The van der Waals surface area contributed by atoms with Crippen LogP contribution < -0.4 is 15.6 Å². The Morgan fingerprint density at radius 2 is 2.25 bits per heavy atom. The van der Waals surface area contributed by atoms with Crippen LogP contribution in [0.2, 0.25) is 0 Å². The number of carbonyl (C=O) groups excluding carboxylic acids is 1. The van der Waals surface area contributed by atoms with Crippen molar-refractivity contribution >= 4 is 33.1 Å². The Kier molecular flexibility index (Phi) is 4.93. The Labute approximate surface area is 167 Å². The van der Waals surface area contributed by atoms with Gasteiger partial charge in [0.2, 0.25) is 5.91 Å². The predicted molar refractivity (Wildman–Crippen MR) is 111 cm³/mol. The molecule has 0 saturated heterocycles. The molecule has 3 aromatic rings. The van der Waals surface area contributed by atoms with Crippen LogP contribution in [0.4, 0.5) is 5.69 Å². The van der Waals surface area contributed by atoms with Crippen molar-refractivity contribution in [1.82, 2.24) is 9.55 Å². The Hall–Kier alpha value is -2.67. The molecule has 146 valence electrons. The fraction of sp³-hybridized carbons (Fsp3) is 0.381. The van der Waals surface area contributed by atoms with Crippen molar-refractivity contribution in [2.24, 2.45) is 5.92 Å². The van der Waals surface area contributed by atoms with E-state index in [-0.39, 0.29) is 18.0 Å². The zero-order chi connectivity index (χ0) is 19.8. The second-order valence-electron chi connectivity index (χ2n) is 7.46. The summed E-state index contributed by atoms with van der Waals surface area (Å²) in [6.45, 7) is 4.10. The lowest BCUT2D eigenvalue weighted by Crippen LogP contribution is -2.28. The molecule has 1 atom stereocenters. The lowest BCUT2D eigenvalue weighted by Gasteiger charge is -2.17. The summed E-state index contributed by atoms with van der Waals surface area (Å²) in [5, 5.41) is 3.53. The molecule has 1 aliphatic rings. The molecule has 1 aliphatic carbocycles. The number of nitrogens with zero attached hydrogens (tertiary/aromatic N) is 2. The molecule has 0 unspecified atom stereocenters. The van der Waals surface area contributed by atoms with Crippen LogP contribution in [0.5, 0.6) is 5.75 Å². The maximum Gasteiger partial charge on any atom is 0.262 e. The van der Waals surface area contributed by atoms with E-state index in [2.05, 4.69) is 17.2 Å². The number of fused-ring (bicyclic) bond motifs is 3. The molecule has 4 rings (SSSR count). The molecular weight excluding hydrogens is 374 g/mol. The maximum absolute atomic E-state index is 13.0. The molecule has 7 heteroatoms. The highest BCUT2D eigenvalue weighted by Crippen LogP contribution is 2.35. The van der Waals surface area contributed by atoms with E-state index in [0.717, 1.165) is 35.2 Å². The van der Waals surface area contributed by atoms with Gasteiger partial charge in [0.15, 0.2) is 0 Å². The van der Waals surface area contributed by atoms with Crippen molar-refractivity contribution in [2.45, 2.75) is 39.7 Å². The number of benzene rings is 1. The normalized spacial score (nSPS) is 16.0. The standard InChI is InChI=1S/C21H23N3O3S/c1-12-5-7-16(27-3)15(8-12)23-18(25)10-24-11-22-20-19(21(24)26)14-6-4-13(2)9-17(14)28-20/h5,7-8,11,13H,4,6,9-10H2,1-3H3,(H,23,25)/t13-/m0/s1. The third-order valence-corrected chi connectivity index (χ3v) is 6.39. The summed E-state index contributed by atoms with van der Waals surface area (Å²) in [6.07, 6.45) is 4.47. The minimum absolute atomic E-state index is 0.0834. The molecule has 1 N–H and O–H groups in total. The molecular formula is C21H23N3O3S. The summed E-state index contributed by atoms with van der Waals surface area (Å²) >= 11 is 1.61. The van der Waals surface area contributed by atoms with E-state index in [1.165, 1.54) is 15.8 Å². The number of hydrogen-bond donors (Lipinski definition) is 1. The number of rotatable bonds is 4. The number of carbonyl (C=O) groups is 1. The summed E-state index contributed by atoms with van der Waals surface area (Å²) in [5.74, 6) is 0.934. The minimum atomic E-state index is -0.287. The highest BCUT2D eigenvalue weighted by Gasteiger charge is 2.23. The second kappa shape index (κ2) is 7.39. The largest absolute Gasteiger partial charge is 0.495 e. The molecule has 1 amide bonds. The molecule has 6 nitrogen and oxygen atoms in total. The average Bonchev–Trinajstić information content (AvgIpc) is 3.02. The van der Waals surface area contributed by atoms with E-state index in [9.17, 15) is 9.59 Å². The number of aromatic nitrogens is 2. The Morgan fingerprint density at radius 3 is 3.04 bits per heavy atom. The monoisotopic (exact) mass is 397 g/mol. The predicted octanol–water partition coefficient (Wildman–Crippen LogP) is 3.54. The molecule has 0 bridgehead atoms. The number of thiophene rings is 1. The lowest BCUT2D eigenvalue weighted by atomic mass is 9.89. The quantitative estimate of drug-likeness (QED) is 0.731. The minimum Gasteiger partial charge on any atom is -0.495 e. The van der Waals surface area contributed by atoms with Crippen LogP contribution in [0.25, 0.3) is 10.2 Å². The first kappa shape index (κ1) is 18.7. The van der Waals surface area contributed by atoms with Crippen LogP contribution in [-0.2, 0) is 24.2 Å². The van der Waals surface area contributed by atoms with Gasteiger partial charge in [-0.2, -0.15) is 0 Å². The Morgan fingerprint density at radius 1 is 1.43 bits per heavy atom. The molecule has 1 aromatic carbocycles. The van der Waals surface area contributed by atoms with E-state index in [1.54, 1.807) is 18.4 Å². The molecule has 28 heavy (non-hydrogen) atoms. The van der Waals surface area contributed by atoms with Gasteiger partial charge in [0, 0.05) is 4.88 Å². The van der Waals surface area contributed by atoms with Crippen LogP contribution in [0.3, 0.4) is 0 Å². The van der Waals surface area contributed by atoms with E-state index in [0.29, 0.717) is 22.7 Å². The van der Waals surface area contributed by atoms with Gasteiger partial charge in [-0.15, -0.1) is 11.3 Å². The molecule has 2 heterocycles. The van der Waals surface area contributed by atoms with Gasteiger partial charge in [-0.05, 0) is 55.4 Å². The number of nitrogens with one attached hydrogen (secondary N) is 1. The fourth-order valence-electron chi connectivity index (χ4n) is 3.74. The Bertz CT molecular complexity index is 1120. The number of amides is 1. The smallest absolute Gasteiger partial charge is 0.262 e. The van der Waals surface area contributed by atoms with Crippen LogP contribution in [0.15, 0.2) is 29.3 Å². The fourth-order valence-corrected chi connectivity index (χ4v) is 5.08. The van der Waals surface area contributed by atoms with Gasteiger partial charge in [0.1, 0.15) is 17.1 Å². The van der Waals surface area contributed by atoms with Crippen LogP contribution >= 0.6 is 11.3 Å². The van der Waals surface area contributed by atoms with Crippen molar-refractivity contribution in [3.05, 3.63) is 50.9 Å². The van der Waals surface area contributed by atoms with Crippen molar-refractivity contribution in [1.29, 1.82) is 0 Å². The molecule has 0 radical (unpaired) electrons. The third kappa shape index (κ3) is 3.42. The highest BCUT2D eigenvalue weighted by molar-refractivity contribution is 7.18. The molecule has 0 saturated carbocycles. The third-order valence-electron chi connectivity index (χ3n) is 5.23. The molecule has 0 fully saturated rings. The average molecular weight is 398 g/mol. The first-order valence-electron chi connectivity index (χ1n) is 9.40. The van der Waals surface area contributed by atoms with E-state index < -0.39 is 0 Å². The topological polar surface area (TPSA) is 73.2 Å². The van der Waals surface area contributed by atoms with E-state index in [1.807, 2.05) is 25.1 Å². The zero-order valence-electron chi connectivity index (χ0n) is 16.2. The van der Waals surface area contributed by atoms with Gasteiger partial charge in [-0.1, -0.05) is 13.0 Å². The van der Waals surface area contributed by atoms with Crippen molar-refractivity contribution in [3.8, 4) is 5.75 Å². The Balaban J connectivity index is 1.62. The summed E-state index contributed by atoms with van der Waals surface area (Å²) in [5.41, 5.74) is 2.60. The van der Waals surface area contributed by atoms with Gasteiger partial charge in [-0.3, -0.25) is 14.2 Å². The van der Waals surface area contributed by atoms with E-state index in [4.69, 9.17) is 4.74 Å². The first-order valence-corrected chi connectivity index (χ1v) is 10.2. The molecule has 2 aromatic heterocycles. The first-order chi connectivity index (χ1) is 13.5.